The van der Waals surface area contributed by atoms with E-state index >= 15 is 0 Å². The molecule has 0 aromatic heterocycles. The summed E-state index contributed by atoms with van der Waals surface area (Å²) in [5.41, 5.74) is 0.644. The first-order valence-electron chi connectivity index (χ1n) is 8.64. The van der Waals surface area contributed by atoms with Crippen LogP contribution in [0.2, 0.25) is 0 Å². The Hall–Kier alpha value is -0.577. The Labute approximate surface area is 149 Å². The van der Waals surface area contributed by atoms with Crippen LogP contribution < -0.4 is 0 Å². The van der Waals surface area contributed by atoms with Crippen LogP contribution >= 0.6 is 0 Å². The zero-order chi connectivity index (χ0) is 17.1. The summed E-state index contributed by atoms with van der Waals surface area (Å²) < 4.78 is 5.46. The molecule has 2 nitrogen and oxygen atoms in total. The number of hydrogen-bond acceptors (Lipinski definition) is 2. The summed E-state index contributed by atoms with van der Waals surface area (Å²) in [6.45, 7) is 16.4. The summed E-state index contributed by atoms with van der Waals surface area (Å²) in [4.78, 5) is 0. The van der Waals surface area contributed by atoms with E-state index in [1.54, 1.807) is 0 Å². The van der Waals surface area contributed by atoms with E-state index in [4.69, 9.17) is 0 Å². The first-order chi connectivity index (χ1) is 10.6. The molecular formula is C20H32GeN2. The fourth-order valence-electron chi connectivity index (χ4n) is 2.86. The Balaban J connectivity index is 2.14. The summed E-state index contributed by atoms with van der Waals surface area (Å²) in [7, 11) is 0. The normalized spacial score (nSPS) is 19.1. The first kappa shape index (κ1) is 18.8. The van der Waals surface area contributed by atoms with Crippen molar-refractivity contribution in [1.29, 1.82) is 0 Å². The maximum absolute atomic E-state index is 2.73. The van der Waals surface area contributed by atoms with E-state index in [2.05, 4.69) is 97.9 Å². The maximum atomic E-state index is 2.73. The van der Waals surface area contributed by atoms with Crippen molar-refractivity contribution in [2.45, 2.75) is 53.6 Å². The van der Waals surface area contributed by atoms with Crippen LogP contribution in [0.25, 0.3) is 0 Å². The van der Waals surface area contributed by atoms with Crippen molar-refractivity contribution in [1.82, 2.24) is 7.71 Å². The minimum atomic E-state index is -0.366. The Morgan fingerprint density at radius 1 is 0.652 bits per heavy atom. The molecule has 0 saturated heterocycles. The van der Waals surface area contributed by atoms with Crippen molar-refractivity contribution < 1.29 is 0 Å². The molecule has 0 aromatic rings. The van der Waals surface area contributed by atoms with Gasteiger partial charge in [0.2, 0.25) is 0 Å². The molecule has 0 heterocycles. The minimum absolute atomic E-state index is 0.322. The Morgan fingerprint density at radius 3 is 1.22 bits per heavy atom. The Kier molecular flexibility index (Phi) is 6.15. The van der Waals surface area contributed by atoms with Gasteiger partial charge in [-0.25, -0.2) is 0 Å². The average molecular weight is 373 g/mol. The third-order valence-electron chi connectivity index (χ3n) is 3.72. The van der Waals surface area contributed by atoms with Crippen LogP contribution in [-0.4, -0.2) is 48.8 Å². The monoisotopic (exact) mass is 374 g/mol. The van der Waals surface area contributed by atoms with E-state index in [0.717, 1.165) is 13.1 Å². The topological polar surface area (TPSA) is 6.48 Å². The summed E-state index contributed by atoms with van der Waals surface area (Å²) in [6, 6.07) is 0.956. The van der Waals surface area contributed by atoms with Gasteiger partial charge in [-0.15, -0.1) is 0 Å². The molecule has 3 heteroatoms. The Bertz CT molecular complexity index is 433. The van der Waals surface area contributed by atoms with Crippen LogP contribution in [-0.2, 0) is 0 Å². The zero-order valence-corrected chi connectivity index (χ0v) is 17.7. The van der Waals surface area contributed by atoms with Crippen LogP contribution in [0.15, 0.2) is 48.6 Å². The van der Waals surface area contributed by atoms with Gasteiger partial charge in [-0.3, -0.25) is 0 Å². The van der Waals surface area contributed by atoms with Gasteiger partial charge in [0.25, 0.3) is 0 Å². The standard InChI is InChI=1S/C20H32GeN2/c1-19(2,3)15-22(17-11-7-8-12-17)21-23(16-20(4,5)6)18-13-9-10-14-18/h7-14,17-18H,15-16H2,1-6H3. The van der Waals surface area contributed by atoms with Crippen molar-refractivity contribution in [2.24, 2.45) is 10.8 Å². The summed E-state index contributed by atoms with van der Waals surface area (Å²) in [5, 5.41) is 0. The number of allylic oxidation sites excluding steroid dienone is 4. The van der Waals surface area contributed by atoms with E-state index in [1.807, 2.05) is 0 Å². The van der Waals surface area contributed by atoms with Gasteiger partial charge in [0.1, 0.15) is 0 Å². The third-order valence-corrected chi connectivity index (χ3v) is 6.71. The van der Waals surface area contributed by atoms with Gasteiger partial charge in [-0.05, 0) is 0 Å². The molecule has 126 valence electrons. The molecule has 23 heavy (non-hydrogen) atoms. The molecule has 0 bridgehead atoms. The number of hydrogen-bond donors (Lipinski definition) is 0. The van der Waals surface area contributed by atoms with Crippen LogP contribution in [0, 0.1) is 10.8 Å². The predicted molar refractivity (Wildman–Crippen MR) is 102 cm³/mol. The molecule has 2 aliphatic rings. The van der Waals surface area contributed by atoms with E-state index in [-0.39, 0.29) is 15.9 Å². The fourth-order valence-corrected chi connectivity index (χ4v) is 7.12. The second kappa shape index (κ2) is 7.54. The van der Waals surface area contributed by atoms with Gasteiger partial charge in [0, 0.05) is 0 Å². The number of nitrogens with zero attached hydrogens (tertiary/aromatic N) is 2. The average Bonchev–Trinajstić information content (AvgIpc) is 3.07. The van der Waals surface area contributed by atoms with Crippen LogP contribution in [0.4, 0.5) is 0 Å². The van der Waals surface area contributed by atoms with Crippen molar-refractivity contribution in [2.75, 3.05) is 13.1 Å². The third kappa shape index (κ3) is 6.44. The molecule has 2 rings (SSSR count). The molecule has 0 aromatic carbocycles. The first-order valence-corrected chi connectivity index (χ1v) is 10.5. The molecule has 0 saturated carbocycles. The van der Waals surface area contributed by atoms with Crippen molar-refractivity contribution >= 4 is 15.9 Å². The van der Waals surface area contributed by atoms with E-state index in [0.29, 0.717) is 22.9 Å². The second-order valence-corrected chi connectivity index (χ2v) is 11.8. The predicted octanol–water partition coefficient (Wildman–Crippen LogP) is 4.21. The number of rotatable bonds is 6. The Morgan fingerprint density at radius 2 is 0.957 bits per heavy atom. The molecule has 2 aliphatic carbocycles. The zero-order valence-electron chi connectivity index (χ0n) is 15.6. The summed E-state index contributed by atoms with van der Waals surface area (Å²) in [5.74, 6) is 0. The van der Waals surface area contributed by atoms with Gasteiger partial charge in [-0.2, -0.15) is 0 Å². The molecule has 0 amide bonds. The molecule has 0 aliphatic heterocycles. The van der Waals surface area contributed by atoms with Crippen LogP contribution in [0.1, 0.15) is 41.5 Å². The molecule has 0 spiro atoms. The van der Waals surface area contributed by atoms with Crippen LogP contribution in [0.3, 0.4) is 0 Å². The van der Waals surface area contributed by atoms with Crippen molar-refractivity contribution in [3.63, 3.8) is 0 Å². The molecule has 0 unspecified atom stereocenters. The van der Waals surface area contributed by atoms with E-state index in [9.17, 15) is 0 Å². The van der Waals surface area contributed by atoms with Gasteiger partial charge in [-0.1, -0.05) is 0 Å². The molecular weight excluding hydrogens is 341 g/mol. The molecule has 0 fully saturated rings. The van der Waals surface area contributed by atoms with Crippen molar-refractivity contribution in [3.05, 3.63) is 48.6 Å². The SMILES string of the molecule is CC(C)(C)C[N]([Ge][N](CC(C)(C)C)C1C=CC=C1)C1C=CC=C1. The van der Waals surface area contributed by atoms with Gasteiger partial charge in [0.15, 0.2) is 0 Å². The second-order valence-electron chi connectivity index (χ2n) is 9.00. The molecule has 0 atom stereocenters. The molecule has 2 radical (unpaired) electrons. The van der Waals surface area contributed by atoms with Crippen molar-refractivity contribution in [3.8, 4) is 0 Å². The van der Waals surface area contributed by atoms with Gasteiger partial charge < -0.3 is 0 Å². The van der Waals surface area contributed by atoms with E-state index in [1.165, 1.54) is 0 Å². The fraction of sp³-hybridized carbons (Fsp3) is 0.600. The summed E-state index contributed by atoms with van der Waals surface area (Å²) in [6.07, 6.45) is 18.1. The van der Waals surface area contributed by atoms with Crippen LogP contribution in [0.5, 0.6) is 0 Å². The van der Waals surface area contributed by atoms with Gasteiger partial charge >= 0.3 is 150 Å². The van der Waals surface area contributed by atoms with E-state index < -0.39 is 0 Å². The quantitative estimate of drug-likeness (QED) is 0.644. The molecule has 0 N–H and O–H groups in total. The summed E-state index contributed by atoms with van der Waals surface area (Å²) >= 11 is -0.366. The van der Waals surface area contributed by atoms with Gasteiger partial charge in [0.05, 0.1) is 0 Å².